The van der Waals surface area contributed by atoms with Gasteiger partial charge < -0.3 is 14.2 Å². The minimum absolute atomic E-state index is 0.179. The predicted octanol–water partition coefficient (Wildman–Crippen LogP) is 4.81. The second kappa shape index (κ2) is 8.82. The molecule has 0 amide bonds. The molecule has 1 aliphatic heterocycles. The van der Waals surface area contributed by atoms with Gasteiger partial charge in [0.2, 0.25) is 0 Å². The van der Waals surface area contributed by atoms with Crippen molar-refractivity contribution in [1.29, 1.82) is 0 Å². The average molecular weight is 471 g/mol. The third-order valence-electron chi connectivity index (χ3n) is 6.99. The van der Waals surface area contributed by atoms with Crippen LogP contribution in [0.4, 0.5) is 0 Å². The van der Waals surface area contributed by atoms with Crippen LogP contribution >= 0.6 is 11.6 Å². The van der Waals surface area contributed by atoms with Crippen LogP contribution in [0, 0.1) is 11.8 Å². The van der Waals surface area contributed by atoms with E-state index in [0.717, 1.165) is 16.7 Å². The van der Waals surface area contributed by atoms with Gasteiger partial charge in [-0.1, -0.05) is 30.3 Å². The Bertz CT molecular complexity index is 1070. The monoisotopic (exact) mass is 470 g/mol. The molecule has 4 rings (SSSR count). The van der Waals surface area contributed by atoms with E-state index in [1.165, 1.54) is 13.0 Å². The van der Waals surface area contributed by atoms with Gasteiger partial charge >= 0.3 is 17.9 Å². The molecule has 0 spiro atoms. The number of fused-ring (bicyclic) bond motifs is 3. The fourth-order valence-corrected chi connectivity index (χ4v) is 5.44. The maximum absolute atomic E-state index is 12.6. The van der Waals surface area contributed by atoms with E-state index in [4.69, 9.17) is 25.8 Å². The lowest BCUT2D eigenvalue weighted by molar-refractivity contribution is -0.162. The van der Waals surface area contributed by atoms with Crippen LogP contribution in [0.2, 0.25) is 5.02 Å². The van der Waals surface area contributed by atoms with E-state index in [0.29, 0.717) is 29.9 Å². The Balaban J connectivity index is 1.60. The molecule has 7 heteroatoms. The highest BCUT2D eigenvalue weighted by Crippen LogP contribution is 2.53. The molecule has 1 aromatic rings. The molecule has 1 saturated heterocycles. The minimum Gasteiger partial charge on any atom is -0.459 e. The third kappa shape index (κ3) is 4.49. The quantitative estimate of drug-likeness (QED) is 0.272. The summed E-state index contributed by atoms with van der Waals surface area (Å²) in [6.45, 7) is 9.11. The van der Waals surface area contributed by atoms with E-state index in [-0.39, 0.29) is 17.8 Å². The largest absolute Gasteiger partial charge is 0.459 e. The fourth-order valence-electron chi connectivity index (χ4n) is 5.31. The molecule has 174 valence electrons. The van der Waals surface area contributed by atoms with E-state index in [2.05, 4.69) is 6.58 Å². The Labute approximate surface area is 198 Å². The van der Waals surface area contributed by atoms with Crippen molar-refractivity contribution in [2.75, 3.05) is 0 Å². The Morgan fingerprint density at radius 1 is 1.27 bits per heavy atom. The first kappa shape index (κ1) is 23.3. The number of hydrogen-bond donors (Lipinski definition) is 0. The summed E-state index contributed by atoms with van der Waals surface area (Å²) in [5, 5.41) is 0.617. The first-order valence-corrected chi connectivity index (χ1v) is 11.4. The highest BCUT2D eigenvalue weighted by molar-refractivity contribution is 6.30. The van der Waals surface area contributed by atoms with Crippen LogP contribution < -0.4 is 0 Å². The zero-order valence-corrected chi connectivity index (χ0v) is 19.7. The molecule has 2 aliphatic carbocycles. The lowest BCUT2D eigenvalue weighted by Gasteiger charge is -2.35. The lowest BCUT2D eigenvalue weighted by atomic mass is 9.81. The summed E-state index contributed by atoms with van der Waals surface area (Å²) in [4.78, 5) is 36.8. The topological polar surface area (TPSA) is 78.9 Å². The van der Waals surface area contributed by atoms with E-state index in [1.54, 1.807) is 30.3 Å². The van der Waals surface area contributed by atoms with Crippen molar-refractivity contribution in [3.05, 3.63) is 64.2 Å². The molecule has 0 radical (unpaired) electrons. The summed E-state index contributed by atoms with van der Waals surface area (Å²) < 4.78 is 17.3. The summed E-state index contributed by atoms with van der Waals surface area (Å²) >= 11 is 5.90. The first-order valence-electron chi connectivity index (χ1n) is 11.0. The number of benzene rings is 1. The molecular weight excluding hydrogens is 444 g/mol. The maximum atomic E-state index is 12.6. The van der Waals surface area contributed by atoms with Crippen molar-refractivity contribution >= 4 is 35.6 Å². The molecule has 6 nitrogen and oxygen atoms in total. The SMILES string of the molecule is C=C1C(=O)OC2C3=C(C)C(OC(=O)C=Cc4ccc(Cl)cc4)CC3C(C)(OC(C)=O)CCC12. The molecule has 1 heterocycles. The Morgan fingerprint density at radius 2 is 1.97 bits per heavy atom. The molecular formula is C26H27ClO6. The molecule has 5 unspecified atom stereocenters. The second-order valence-corrected chi connectivity index (χ2v) is 9.58. The van der Waals surface area contributed by atoms with Crippen molar-refractivity contribution < 1.29 is 28.6 Å². The van der Waals surface area contributed by atoms with E-state index < -0.39 is 29.7 Å². The second-order valence-electron chi connectivity index (χ2n) is 9.14. The zero-order valence-electron chi connectivity index (χ0n) is 18.9. The highest BCUT2D eigenvalue weighted by Gasteiger charge is 2.56. The van der Waals surface area contributed by atoms with Crippen molar-refractivity contribution in [2.24, 2.45) is 11.8 Å². The van der Waals surface area contributed by atoms with Crippen LogP contribution in [0.3, 0.4) is 0 Å². The summed E-state index contributed by atoms with van der Waals surface area (Å²) in [5.74, 6) is -1.66. The molecule has 1 aromatic carbocycles. The Kier molecular flexibility index (Phi) is 6.23. The molecule has 0 aromatic heterocycles. The predicted molar refractivity (Wildman–Crippen MR) is 123 cm³/mol. The number of carbonyl (C=O) groups excluding carboxylic acids is 3. The van der Waals surface area contributed by atoms with Gasteiger partial charge in [0, 0.05) is 35.4 Å². The number of rotatable bonds is 4. The van der Waals surface area contributed by atoms with Gasteiger partial charge in [-0.25, -0.2) is 9.59 Å². The Morgan fingerprint density at radius 3 is 2.64 bits per heavy atom. The number of esters is 3. The van der Waals surface area contributed by atoms with Gasteiger partial charge in [0.25, 0.3) is 0 Å². The average Bonchev–Trinajstić information content (AvgIpc) is 3.18. The standard InChI is InChI=1S/C26H27ClO6/c1-14-19-11-12-26(4,33-16(3)28)20-13-21(15(2)23(20)24(19)32-25(14)30)31-22(29)10-7-17-5-8-18(27)9-6-17/h5-10,19-21,24H,1,11-13H2,2-4H3. The van der Waals surface area contributed by atoms with E-state index >= 15 is 0 Å². The van der Waals surface area contributed by atoms with Crippen molar-refractivity contribution in [3.8, 4) is 0 Å². The number of halogens is 1. The van der Waals surface area contributed by atoms with Crippen LogP contribution in [0.1, 0.15) is 45.6 Å². The highest BCUT2D eigenvalue weighted by atomic mass is 35.5. The van der Waals surface area contributed by atoms with Crippen LogP contribution in [-0.4, -0.2) is 35.7 Å². The van der Waals surface area contributed by atoms with Crippen LogP contribution in [0.25, 0.3) is 6.08 Å². The molecule has 2 fully saturated rings. The summed E-state index contributed by atoms with van der Waals surface area (Å²) in [5.41, 5.74) is 2.20. The van der Waals surface area contributed by atoms with Crippen LogP contribution in [-0.2, 0) is 28.6 Å². The van der Waals surface area contributed by atoms with Crippen molar-refractivity contribution in [1.82, 2.24) is 0 Å². The maximum Gasteiger partial charge on any atom is 0.334 e. The smallest absolute Gasteiger partial charge is 0.334 e. The fraction of sp³-hybridized carbons (Fsp3) is 0.423. The summed E-state index contributed by atoms with van der Waals surface area (Å²) in [7, 11) is 0. The number of ether oxygens (including phenoxy) is 3. The zero-order chi connectivity index (χ0) is 23.9. The molecule has 5 atom stereocenters. The van der Waals surface area contributed by atoms with E-state index in [1.807, 2.05) is 13.8 Å². The lowest BCUT2D eigenvalue weighted by Crippen LogP contribution is -2.40. The third-order valence-corrected chi connectivity index (χ3v) is 7.24. The normalized spacial score (nSPS) is 31.2. The van der Waals surface area contributed by atoms with E-state index in [9.17, 15) is 14.4 Å². The van der Waals surface area contributed by atoms with Gasteiger partial charge in [0.15, 0.2) is 0 Å². The van der Waals surface area contributed by atoms with Crippen molar-refractivity contribution in [2.45, 2.75) is 57.8 Å². The Hall–Kier alpha value is -2.86. The molecule has 1 saturated carbocycles. The summed E-state index contributed by atoms with van der Waals surface area (Å²) in [6.07, 6.45) is 3.70. The van der Waals surface area contributed by atoms with Gasteiger partial charge in [0.05, 0.1) is 0 Å². The van der Waals surface area contributed by atoms with Gasteiger partial charge in [-0.05, 0) is 68.0 Å². The van der Waals surface area contributed by atoms with Crippen LogP contribution in [0.15, 0.2) is 53.6 Å². The number of carbonyl (C=O) groups is 3. The van der Waals surface area contributed by atoms with Gasteiger partial charge in [-0.2, -0.15) is 0 Å². The number of hydrogen-bond acceptors (Lipinski definition) is 6. The van der Waals surface area contributed by atoms with Gasteiger partial charge in [0.1, 0.15) is 17.8 Å². The van der Waals surface area contributed by atoms with Gasteiger partial charge in [-0.15, -0.1) is 0 Å². The molecule has 3 aliphatic rings. The molecule has 0 bridgehead atoms. The molecule has 33 heavy (non-hydrogen) atoms. The first-order chi connectivity index (χ1) is 15.6. The van der Waals surface area contributed by atoms with Gasteiger partial charge in [-0.3, -0.25) is 4.79 Å². The minimum atomic E-state index is -0.792. The van der Waals surface area contributed by atoms with Crippen molar-refractivity contribution in [3.63, 3.8) is 0 Å². The molecule has 0 N–H and O–H groups in total. The summed E-state index contributed by atoms with van der Waals surface area (Å²) in [6, 6.07) is 7.10. The van der Waals surface area contributed by atoms with Crippen LogP contribution in [0.5, 0.6) is 0 Å².